The summed E-state index contributed by atoms with van der Waals surface area (Å²) in [5.41, 5.74) is 1.19. The maximum atomic E-state index is 15.5. The van der Waals surface area contributed by atoms with E-state index < -0.39 is 16.8 Å². The van der Waals surface area contributed by atoms with Gasteiger partial charge in [0.2, 0.25) is 17.6 Å². The molecular weight excluding hydrogens is 727 g/mol. The Morgan fingerprint density at radius 3 is 2.34 bits per heavy atom. The van der Waals surface area contributed by atoms with Crippen LogP contribution in [-0.4, -0.2) is 50.6 Å². The standard InChI is InChI=1S/C49H69N3O6/c1-30(2)32-19-24-49(43(56)52-27-13-16-34(52)42-50-41(51-58-42)31-14-11-10-12-15-31)26-25-47(8)33(40(32)49)17-18-36-46(7)22-21-37(45(5,6)35(46)20-23-48(36,47)9)57-39(55)29-44(3,4)28-38(53)54/h10-12,14-15,32-37,40H,1,13,16-29H2,2-9H3,(H,53,54)/t32-,33+,34+,35-,36+,37-,40+,46-,47+,48+,49-/m0/s1. The van der Waals surface area contributed by atoms with Crippen molar-refractivity contribution >= 4 is 17.8 Å². The summed E-state index contributed by atoms with van der Waals surface area (Å²) in [6, 6.07) is 9.73. The zero-order chi connectivity index (χ0) is 41.6. The Labute approximate surface area is 346 Å². The Kier molecular flexibility index (Phi) is 10.2. The number of amides is 1. The average Bonchev–Trinajstić information content (AvgIpc) is 3.92. The second kappa shape index (κ2) is 14.3. The van der Waals surface area contributed by atoms with Crippen molar-refractivity contribution in [2.75, 3.05) is 6.54 Å². The third-order valence-corrected chi connectivity index (χ3v) is 18.2. The number of carboxylic acid groups (broad SMARTS) is 1. The van der Waals surface area contributed by atoms with Gasteiger partial charge in [-0.3, -0.25) is 14.4 Å². The number of nitrogens with zero attached hydrogens (tertiary/aromatic N) is 3. The van der Waals surface area contributed by atoms with E-state index in [4.69, 9.17) is 14.2 Å². The Balaban J connectivity index is 1.05. The van der Waals surface area contributed by atoms with Gasteiger partial charge in [0, 0.05) is 17.5 Å². The predicted molar refractivity (Wildman–Crippen MR) is 223 cm³/mol. The molecular formula is C49H69N3O6. The normalized spacial score (nSPS) is 39.2. The van der Waals surface area contributed by atoms with Crippen molar-refractivity contribution in [2.24, 2.45) is 62.1 Å². The van der Waals surface area contributed by atoms with Crippen molar-refractivity contribution in [3.63, 3.8) is 0 Å². The molecule has 1 aromatic heterocycles. The number of esters is 1. The Hall–Kier alpha value is -3.49. The molecule has 1 aliphatic heterocycles. The third-order valence-electron chi connectivity index (χ3n) is 18.2. The van der Waals surface area contributed by atoms with E-state index in [9.17, 15) is 14.7 Å². The molecule has 58 heavy (non-hydrogen) atoms. The number of rotatable bonds is 9. The summed E-state index contributed by atoms with van der Waals surface area (Å²) in [6.07, 6.45) is 11.9. The van der Waals surface area contributed by atoms with E-state index in [1.54, 1.807) is 0 Å². The van der Waals surface area contributed by atoms with Gasteiger partial charge in [-0.1, -0.05) is 96.1 Å². The molecule has 6 aliphatic rings. The van der Waals surface area contributed by atoms with Crippen LogP contribution in [0.2, 0.25) is 0 Å². The van der Waals surface area contributed by atoms with E-state index >= 15 is 4.79 Å². The van der Waals surface area contributed by atoms with E-state index in [2.05, 4.69) is 58.2 Å². The monoisotopic (exact) mass is 796 g/mol. The molecule has 1 aromatic carbocycles. The number of carbonyl (C=O) groups excluding carboxylic acids is 2. The van der Waals surface area contributed by atoms with Crippen molar-refractivity contribution < 1.29 is 28.8 Å². The van der Waals surface area contributed by atoms with Gasteiger partial charge < -0.3 is 19.3 Å². The van der Waals surface area contributed by atoms with Gasteiger partial charge in [0.15, 0.2) is 0 Å². The minimum atomic E-state index is -0.892. The van der Waals surface area contributed by atoms with Gasteiger partial charge in [-0.05, 0) is 135 Å². The second-order valence-electron chi connectivity index (χ2n) is 22.1. The van der Waals surface area contributed by atoms with Crippen LogP contribution in [0.25, 0.3) is 11.4 Å². The number of ether oxygens (including phenoxy) is 1. The van der Waals surface area contributed by atoms with Crippen LogP contribution < -0.4 is 0 Å². The van der Waals surface area contributed by atoms with E-state index in [-0.39, 0.29) is 58.5 Å². The van der Waals surface area contributed by atoms with Crippen molar-refractivity contribution in [3.05, 3.63) is 48.4 Å². The minimum Gasteiger partial charge on any atom is -0.481 e. The molecule has 8 rings (SSSR count). The third kappa shape index (κ3) is 6.32. The minimum absolute atomic E-state index is 0.0605. The Morgan fingerprint density at radius 2 is 1.64 bits per heavy atom. The van der Waals surface area contributed by atoms with Crippen LogP contribution in [0.3, 0.4) is 0 Å². The molecule has 1 N–H and O–H groups in total. The fourth-order valence-electron chi connectivity index (χ4n) is 15.4. The van der Waals surface area contributed by atoms with Crippen LogP contribution in [0.1, 0.15) is 157 Å². The van der Waals surface area contributed by atoms with Gasteiger partial charge in [0.1, 0.15) is 12.1 Å². The van der Waals surface area contributed by atoms with Gasteiger partial charge in [-0.2, -0.15) is 4.98 Å². The Bertz CT molecular complexity index is 1940. The lowest BCUT2D eigenvalue weighted by molar-refractivity contribution is -0.250. The summed E-state index contributed by atoms with van der Waals surface area (Å²) in [4.78, 5) is 47.2. The summed E-state index contributed by atoms with van der Waals surface area (Å²) < 4.78 is 12.2. The largest absolute Gasteiger partial charge is 0.481 e. The molecule has 316 valence electrons. The van der Waals surface area contributed by atoms with Crippen molar-refractivity contribution in [1.82, 2.24) is 15.0 Å². The number of benzene rings is 1. The molecule has 0 radical (unpaired) electrons. The zero-order valence-electron chi connectivity index (χ0n) is 36.6. The molecule has 11 atom stereocenters. The highest BCUT2D eigenvalue weighted by Gasteiger charge is 2.72. The van der Waals surface area contributed by atoms with E-state index in [0.717, 1.165) is 89.2 Å². The van der Waals surface area contributed by atoms with E-state index in [1.165, 1.54) is 5.57 Å². The molecule has 2 heterocycles. The maximum Gasteiger partial charge on any atom is 0.306 e. The Morgan fingerprint density at radius 1 is 0.897 bits per heavy atom. The number of allylic oxidation sites excluding steroid dienone is 1. The summed E-state index contributed by atoms with van der Waals surface area (Å²) in [5.74, 6) is 2.26. The molecule has 2 aromatic rings. The van der Waals surface area contributed by atoms with Crippen LogP contribution in [0.4, 0.5) is 0 Å². The van der Waals surface area contributed by atoms with Crippen LogP contribution >= 0.6 is 0 Å². The van der Waals surface area contributed by atoms with Crippen LogP contribution in [0, 0.1) is 62.1 Å². The van der Waals surface area contributed by atoms with Gasteiger partial charge >= 0.3 is 11.9 Å². The van der Waals surface area contributed by atoms with Crippen molar-refractivity contribution in [1.29, 1.82) is 0 Å². The molecule has 5 aliphatic carbocycles. The molecule has 0 spiro atoms. The maximum absolute atomic E-state index is 15.5. The highest BCUT2D eigenvalue weighted by molar-refractivity contribution is 5.84. The number of fused-ring (bicyclic) bond motifs is 7. The predicted octanol–water partition coefficient (Wildman–Crippen LogP) is 10.9. The summed E-state index contributed by atoms with van der Waals surface area (Å²) in [6.45, 7) is 23.7. The number of aromatic nitrogens is 2. The topological polar surface area (TPSA) is 123 Å². The van der Waals surface area contributed by atoms with E-state index in [0.29, 0.717) is 41.3 Å². The number of carbonyl (C=O) groups is 3. The number of hydrogen-bond donors (Lipinski definition) is 1. The van der Waals surface area contributed by atoms with Crippen molar-refractivity contribution in [2.45, 2.75) is 157 Å². The van der Waals surface area contributed by atoms with Crippen molar-refractivity contribution in [3.8, 4) is 11.4 Å². The zero-order valence-corrected chi connectivity index (χ0v) is 36.6. The lowest BCUT2D eigenvalue weighted by atomic mass is 9.32. The van der Waals surface area contributed by atoms with Gasteiger partial charge in [0.25, 0.3) is 0 Å². The number of likely N-dealkylation sites (tertiary alicyclic amines) is 1. The molecule has 0 unspecified atom stereocenters. The lowest BCUT2D eigenvalue weighted by Crippen LogP contribution is -2.67. The molecule has 1 saturated heterocycles. The first kappa shape index (κ1) is 41.3. The second-order valence-corrected chi connectivity index (χ2v) is 22.1. The van der Waals surface area contributed by atoms with E-state index in [1.807, 2.05) is 44.2 Å². The number of carboxylic acids is 1. The van der Waals surface area contributed by atoms with Gasteiger partial charge in [0.05, 0.1) is 18.3 Å². The molecule has 9 heteroatoms. The van der Waals surface area contributed by atoms with Crippen LogP contribution in [0.5, 0.6) is 0 Å². The summed E-state index contributed by atoms with van der Waals surface area (Å²) >= 11 is 0. The first-order chi connectivity index (χ1) is 27.3. The molecule has 9 nitrogen and oxygen atoms in total. The fraction of sp³-hybridized carbons (Fsp3) is 0.735. The molecule has 0 bridgehead atoms. The summed E-state index contributed by atoms with van der Waals surface area (Å²) in [7, 11) is 0. The average molecular weight is 796 g/mol. The first-order valence-corrected chi connectivity index (χ1v) is 22.5. The fourth-order valence-corrected chi connectivity index (χ4v) is 15.4. The van der Waals surface area contributed by atoms with Crippen LogP contribution in [-0.2, 0) is 19.1 Å². The molecule has 1 amide bonds. The number of hydrogen-bond acceptors (Lipinski definition) is 7. The highest BCUT2D eigenvalue weighted by atomic mass is 16.5. The van der Waals surface area contributed by atoms with Gasteiger partial charge in [-0.15, -0.1) is 0 Å². The molecule has 5 saturated carbocycles. The first-order valence-electron chi connectivity index (χ1n) is 22.5. The van der Waals surface area contributed by atoms with Gasteiger partial charge in [-0.25, -0.2) is 0 Å². The van der Waals surface area contributed by atoms with Crippen LogP contribution in [0.15, 0.2) is 47.0 Å². The smallest absolute Gasteiger partial charge is 0.306 e. The highest BCUT2D eigenvalue weighted by Crippen LogP contribution is 2.78. The lowest BCUT2D eigenvalue weighted by Gasteiger charge is -2.73. The SMILES string of the molecule is C=C(C)[C@@H]1CC[C@]2(C(=O)N3CCC[C@@H]3c3nc(-c4ccccc4)no3)CC[C@]3(C)[C@H](CC[C@@H]4[C@@]5(C)CC[C@H](OC(=O)CC(C)(C)CC(=O)O)C(C)(C)[C@@H]5CC[C@]43C)[C@@H]12. The number of aliphatic carboxylic acids is 1. The molecule has 6 fully saturated rings. The summed E-state index contributed by atoms with van der Waals surface area (Å²) in [5, 5.41) is 13.7. The quantitative estimate of drug-likeness (QED) is 0.197.